The first kappa shape index (κ1) is 18.4. The molecule has 2 amide bonds. The second-order valence-corrected chi connectivity index (χ2v) is 5.97. The van der Waals surface area contributed by atoms with Crippen molar-refractivity contribution < 1.29 is 9.59 Å². The third-order valence-electron chi connectivity index (χ3n) is 3.29. The lowest BCUT2D eigenvalue weighted by molar-refractivity contribution is -0.116. The smallest absolute Gasteiger partial charge is 0.255 e. The number of aryl methyl sites for hydroxylation is 1. The zero-order valence-electron chi connectivity index (χ0n) is 14.7. The molecule has 0 atom stereocenters. The van der Waals surface area contributed by atoms with Crippen molar-refractivity contribution in [3.05, 3.63) is 47.8 Å². The third-order valence-corrected chi connectivity index (χ3v) is 3.29. The third kappa shape index (κ3) is 5.87. The largest absolute Gasteiger partial charge is 0.367 e. The van der Waals surface area contributed by atoms with Crippen LogP contribution in [-0.2, 0) is 4.79 Å². The van der Waals surface area contributed by atoms with Gasteiger partial charge in [-0.25, -0.2) is 9.97 Å². The fourth-order valence-electron chi connectivity index (χ4n) is 2.11. The van der Waals surface area contributed by atoms with Gasteiger partial charge < -0.3 is 16.0 Å². The number of pyridine rings is 2. The minimum atomic E-state index is -0.266. The van der Waals surface area contributed by atoms with Crippen molar-refractivity contribution in [2.75, 3.05) is 17.2 Å². The fraction of sp³-hybridized carbons (Fsp3) is 0.333. The van der Waals surface area contributed by atoms with Gasteiger partial charge in [0, 0.05) is 31.4 Å². The number of carbonyl (C=O) groups excluding carboxylic acids is 2. The maximum Gasteiger partial charge on any atom is 0.255 e. The Kier molecular flexibility index (Phi) is 6.45. The molecular formula is C18H23N5O2. The lowest BCUT2D eigenvalue weighted by Crippen LogP contribution is -2.29. The molecule has 7 nitrogen and oxygen atoms in total. The fourth-order valence-corrected chi connectivity index (χ4v) is 2.11. The molecular weight excluding hydrogens is 318 g/mol. The van der Waals surface area contributed by atoms with Crippen molar-refractivity contribution >= 4 is 23.5 Å². The quantitative estimate of drug-likeness (QED) is 0.718. The standard InChI is InChI=1S/C18H23N5O2/c1-12(2)22-17-14(5-4-9-19-17)18(25)20-10-8-16(24)23-15-7-6-13(3)11-21-15/h4-7,9,11-12H,8,10H2,1-3H3,(H,19,22)(H,20,25)(H,21,23,24). The molecule has 0 bridgehead atoms. The van der Waals surface area contributed by atoms with E-state index in [1.807, 2.05) is 26.8 Å². The van der Waals surface area contributed by atoms with Gasteiger partial charge in [0.15, 0.2) is 0 Å². The molecule has 0 saturated carbocycles. The Labute approximate surface area is 147 Å². The number of nitrogens with zero attached hydrogens (tertiary/aromatic N) is 2. The summed E-state index contributed by atoms with van der Waals surface area (Å²) >= 11 is 0. The Morgan fingerprint density at radius 1 is 1.16 bits per heavy atom. The monoisotopic (exact) mass is 341 g/mol. The van der Waals surface area contributed by atoms with Crippen LogP contribution in [0.2, 0.25) is 0 Å². The zero-order chi connectivity index (χ0) is 18.2. The van der Waals surface area contributed by atoms with E-state index in [1.54, 1.807) is 30.6 Å². The molecule has 2 heterocycles. The molecule has 3 N–H and O–H groups in total. The highest BCUT2D eigenvalue weighted by Gasteiger charge is 2.13. The van der Waals surface area contributed by atoms with Crippen LogP contribution in [0.5, 0.6) is 0 Å². The molecule has 0 aromatic carbocycles. The number of aromatic nitrogens is 2. The Balaban J connectivity index is 1.84. The number of anilines is 2. The van der Waals surface area contributed by atoms with Gasteiger partial charge in [0.25, 0.3) is 5.91 Å². The summed E-state index contributed by atoms with van der Waals surface area (Å²) in [7, 11) is 0. The van der Waals surface area contributed by atoms with Crippen LogP contribution < -0.4 is 16.0 Å². The molecule has 2 rings (SSSR count). The van der Waals surface area contributed by atoms with Gasteiger partial charge in [-0.05, 0) is 44.5 Å². The normalized spacial score (nSPS) is 10.4. The summed E-state index contributed by atoms with van der Waals surface area (Å²) in [5, 5.41) is 8.56. The summed E-state index contributed by atoms with van der Waals surface area (Å²) in [4.78, 5) is 32.5. The Morgan fingerprint density at radius 2 is 1.96 bits per heavy atom. The van der Waals surface area contributed by atoms with E-state index >= 15 is 0 Å². The number of rotatable bonds is 7. The van der Waals surface area contributed by atoms with E-state index in [1.165, 1.54) is 0 Å². The van der Waals surface area contributed by atoms with Crippen LogP contribution in [0.3, 0.4) is 0 Å². The molecule has 0 unspecified atom stereocenters. The van der Waals surface area contributed by atoms with Crippen molar-refractivity contribution in [3.63, 3.8) is 0 Å². The predicted molar refractivity (Wildman–Crippen MR) is 97.5 cm³/mol. The molecule has 0 fully saturated rings. The summed E-state index contributed by atoms with van der Waals surface area (Å²) in [6.45, 7) is 6.10. The van der Waals surface area contributed by atoms with E-state index in [0.717, 1.165) is 5.56 Å². The molecule has 0 aliphatic carbocycles. The van der Waals surface area contributed by atoms with Crippen molar-refractivity contribution in [1.82, 2.24) is 15.3 Å². The highest BCUT2D eigenvalue weighted by atomic mass is 16.2. The minimum Gasteiger partial charge on any atom is -0.367 e. The van der Waals surface area contributed by atoms with Crippen LogP contribution in [0, 0.1) is 6.92 Å². The Morgan fingerprint density at radius 3 is 2.64 bits per heavy atom. The first-order valence-corrected chi connectivity index (χ1v) is 8.18. The summed E-state index contributed by atoms with van der Waals surface area (Å²) in [5.74, 6) is 0.557. The maximum atomic E-state index is 12.3. The van der Waals surface area contributed by atoms with Crippen molar-refractivity contribution in [3.8, 4) is 0 Å². The minimum absolute atomic E-state index is 0.161. The van der Waals surface area contributed by atoms with Gasteiger partial charge in [-0.1, -0.05) is 6.07 Å². The maximum absolute atomic E-state index is 12.3. The highest BCUT2D eigenvalue weighted by molar-refractivity contribution is 5.99. The van der Waals surface area contributed by atoms with Crippen LogP contribution in [0.1, 0.15) is 36.2 Å². The Hall–Kier alpha value is -2.96. The second-order valence-electron chi connectivity index (χ2n) is 5.97. The van der Waals surface area contributed by atoms with Gasteiger partial charge >= 0.3 is 0 Å². The second kappa shape index (κ2) is 8.77. The molecule has 0 spiro atoms. The lowest BCUT2D eigenvalue weighted by atomic mass is 10.2. The number of hydrogen-bond acceptors (Lipinski definition) is 5. The van der Waals surface area contributed by atoms with Gasteiger partial charge in [0.05, 0.1) is 5.56 Å². The summed E-state index contributed by atoms with van der Waals surface area (Å²) in [5.41, 5.74) is 1.48. The van der Waals surface area contributed by atoms with Crippen LogP contribution in [-0.4, -0.2) is 34.4 Å². The number of hydrogen-bond donors (Lipinski definition) is 3. The van der Waals surface area contributed by atoms with Crippen LogP contribution in [0.25, 0.3) is 0 Å². The molecule has 0 aliphatic rings. The van der Waals surface area contributed by atoms with Crippen LogP contribution in [0.15, 0.2) is 36.7 Å². The Bertz CT molecular complexity index is 729. The molecule has 25 heavy (non-hydrogen) atoms. The van der Waals surface area contributed by atoms with Gasteiger partial charge in [-0.3, -0.25) is 9.59 Å². The molecule has 0 saturated heterocycles. The summed E-state index contributed by atoms with van der Waals surface area (Å²) in [6, 6.07) is 7.18. The first-order chi connectivity index (χ1) is 12.0. The molecule has 0 aliphatic heterocycles. The van der Waals surface area contributed by atoms with E-state index in [2.05, 4.69) is 25.9 Å². The first-order valence-electron chi connectivity index (χ1n) is 8.18. The zero-order valence-corrected chi connectivity index (χ0v) is 14.7. The summed E-state index contributed by atoms with van der Waals surface area (Å²) in [6.07, 6.45) is 3.47. The number of nitrogens with one attached hydrogen (secondary N) is 3. The molecule has 0 radical (unpaired) electrons. The molecule has 132 valence electrons. The molecule has 7 heteroatoms. The highest BCUT2D eigenvalue weighted by Crippen LogP contribution is 2.12. The van der Waals surface area contributed by atoms with E-state index in [4.69, 9.17) is 0 Å². The van der Waals surface area contributed by atoms with Gasteiger partial charge in [-0.2, -0.15) is 0 Å². The number of carbonyl (C=O) groups is 2. The van der Waals surface area contributed by atoms with Crippen molar-refractivity contribution in [2.24, 2.45) is 0 Å². The van der Waals surface area contributed by atoms with E-state index < -0.39 is 0 Å². The van der Waals surface area contributed by atoms with Gasteiger partial charge in [0.1, 0.15) is 11.6 Å². The van der Waals surface area contributed by atoms with E-state index in [9.17, 15) is 9.59 Å². The average Bonchev–Trinajstić information content (AvgIpc) is 2.57. The van der Waals surface area contributed by atoms with Crippen LogP contribution in [0.4, 0.5) is 11.6 Å². The number of amides is 2. The summed E-state index contributed by atoms with van der Waals surface area (Å²) < 4.78 is 0. The average molecular weight is 341 g/mol. The van der Waals surface area contributed by atoms with Crippen molar-refractivity contribution in [1.29, 1.82) is 0 Å². The SMILES string of the molecule is Cc1ccc(NC(=O)CCNC(=O)c2cccnc2NC(C)C)nc1. The topological polar surface area (TPSA) is 96.0 Å². The van der Waals surface area contributed by atoms with Crippen molar-refractivity contribution in [2.45, 2.75) is 33.2 Å². The predicted octanol–water partition coefficient (Wildman–Crippen LogP) is 2.36. The van der Waals surface area contributed by atoms with Gasteiger partial charge in [0.2, 0.25) is 5.91 Å². The van der Waals surface area contributed by atoms with Crippen LogP contribution >= 0.6 is 0 Å². The molecule has 2 aromatic rings. The van der Waals surface area contributed by atoms with Gasteiger partial charge in [-0.15, -0.1) is 0 Å². The molecule has 2 aromatic heterocycles. The lowest BCUT2D eigenvalue weighted by Gasteiger charge is -2.13. The van der Waals surface area contributed by atoms with E-state index in [-0.39, 0.29) is 30.8 Å². The van der Waals surface area contributed by atoms with E-state index in [0.29, 0.717) is 17.2 Å².